The van der Waals surface area contributed by atoms with Crippen molar-refractivity contribution in [2.24, 2.45) is 10.9 Å². The van der Waals surface area contributed by atoms with Gasteiger partial charge in [-0.2, -0.15) is 0 Å². The van der Waals surface area contributed by atoms with Crippen LogP contribution in [0.25, 0.3) is 0 Å². The van der Waals surface area contributed by atoms with Crippen LogP contribution in [0.2, 0.25) is 0 Å². The van der Waals surface area contributed by atoms with Gasteiger partial charge < -0.3 is 16.0 Å². The van der Waals surface area contributed by atoms with Crippen molar-refractivity contribution in [2.75, 3.05) is 20.1 Å². The molecule has 5 nitrogen and oxygen atoms in total. The number of aliphatic imine (C=N–C) groups is 1. The van der Waals surface area contributed by atoms with E-state index in [9.17, 15) is 9.18 Å². The summed E-state index contributed by atoms with van der Waals surface area (Å²) in [5.74, 6) is 0.792. The lowest BCUT2D eigenvalue weighted by molar-refractivity contribution is -0.122. The average molecular weight is 306 g/mol. The van der Waals surface area contributed by atoms with Crippen LogP contribution >= 0.6 is 0 Å². The maximum Gasteiger partial charge on any atom is 0.223 e. The summed E-state index contributed by atoms with van der Waals surface area (Å²) in [4.78, 5) is 15.6. The Morgan fingerprint density at radius 2 is 2.00 bits per heavy atom. The third kappa shape index (κ3) is 5.02. The van der Waals surface area contributed by atoms with Gasteiger partial charge in [-0.3, -0.25) is 9.79 Å². The quantitative estimate of drug-likeness (QED) is 0.422. The van der Waals surface area contributed by atoms with Crippen molar-refractivity contribution >= 4 is 11.9 Å². The Balaban J connectivity index is 1.68. The fraction of sp³-hybridized carbons (Fsp3) is 0.500. The van der Waals surface area contributed by atoms with Gasteiger partial charge in [0, 0.05) is 32.6 Å². The molecular formula is C16H23FN4O. The van der Waals surface area contributed by atoms with E-state index >= 15 is 0 Å². The fourth-order valence-corrected chi connectivity index (χ4v) is 2.01. The van der Waals surface area contributed by atoms with Crippen LogP contribution in [0, 0.1) is 18.7 Å². The number of nitrogens with one attached hydrogen (secondary N) is 3. The van der Waals surface area contributed by atoms with Gasteiger partial charge in [-0.1, -0.05) is 12.1 Å². The average Bonchev–Trinajstić information content (AvgIpc) is 3.34. The number of amides is 1. The minimum Gasteiger partial charge on any atom is -0.355 e. The minimum absolute atomic E-state index is 0.139. The first-order chi connectivity index (χ1) is 10.6. The van der Waals surface area contributed by atoms with Crippen LogP contribution in [0.5, 0.6) is 0 Å². The number of halogens is 1. The molecule has 0 atom stereocenters. The fourth-order valence-electron chi connectivity index (χ4n) is 2.01. The number of guanidine groups is 1. The highest BCUT2D eigenvalue weighted by molar-refractivity contribution is 5.81. The Kier molecular flexibility index (Phi) is 5.75. The summed E-state index contributed by atoms with van der Waals surface area (Å²) in [5.41, 5.74) is 1.49. The Hall–Kier alpha value is -2.11. The summed E-state index contributed by atoms with van der Waals surface area (Å²) in [7, 11) is 1.67. The predicted molar refractivity (Wildman–Crippen MR) is 85.1 cm³/mol. The van der Waals surface area contributed by atoms with Gasteiger partial charge >= 0.3 is 0 Å². The van der Waals surface area contributed by atoms with Gasteiger partial charge in [-0.15, -0.1) is 0 Å². The molecule has 1 aromatic rings. The number of carbonyl (C=O) groups excluding carboxylic acids is 1. The van der Waals surface area contributed by atoms with Gasteiger partial charge in [0.25, 0.3) is 0 Å². The number of hydrogen-bond acceptors (Lipinski definition) is 2. The third-order valence-electron chi connectivity index (χ3n) is 3.58. The first kappa shape index (κ1) is 16.3. The number of carbonyl (C=O) groups is 1. The minimum atomic E-state index is -0.204. The first-order valence-corrected chi connectivity index (χ1v) is 7.57. The van der Waals surface area contributed by atoms with Crippen molar-refractivity contribution in [1.29, 1.82) is 0 Å². The Labute approximate surface area is 130 Å². The van der Waals surface area contributed by atoms with Gasteiger partial charge in [0.15, 0.2) is 5.96 Å². The van der Waals surface area contributed by atoms with E-state index < -0.39 is 0 Å². The van der Waals surface area contributed by atoms with E-state index in [0.29, 0.717) is 31.2 Å². The molecule has 0 saturated heterocycles. The Morgan fingerprint density at radius 3 is 2.64 bits per heavy atom. The molecule has 0 radical (unpaired) electrons. The number of hydrogen-bond donors (Lipinski definition) is 3. The van der Waals surface area contributed by atoms with Crippen molar-refractivity contribution in [2.45, 2.75) is 26.3 Å². The lowest BCUT2D eigenvalue weighted by Gasteiger charge is -2.12. The van der Waals surface area contributed by atoms with E-state index in [4.69, 9.17) is 0 Å². The molecule has 6 heteroatoms. The summed E-state index contributed by atoms with van der Waals surface area (Å²) >= 11 is 0. The molecule has 0 unspecified atom stereocenters. The second-order valence-corrected chi connectivity index (χ2v) is 5.50. The number of aryl methyl sites for hydroxylation is 1. The van der Waals surface area contributed by atoms with Crippen molar-refractivity contribution in [1.82, 2.24) is 16.0 Å². The zero-order valence-corrected chi connectivity index (χ0v) is 13.1. The van der Waals surface area contributed by atoms with Gasteiger partial charge in [-0.25, -0.2) is 4.39 Å². The summed E-state index contributed by atoms with van der Waals surface area (Å²) in [6, 6.07) is 5.16. The molecule has 3 N–H and O–H groups in total. The molecule has 0 aromatic heterocycles. The second-order valence-electron chi connectivity index (χ2n) is 5.50. The summed E-state index contributed by atoms with van der Waals surface area (Å²) in [6.07, 6.45) is 2.02. The number of benzene rings is 1. The van der Waals surface area contributed by atoms with E-state index in [1.165, 1.54) is 6.07 Å². The zero-order chi connectivity index (χ0) is 15.9. The SMILES string of the molecule is CN=C(NCCNC(=O)C1CC1)NCc1ccc(C)c(F)c1. The van der Waals surface area contributed by atoms with Crippen LogP contribution in [0.4, 0.5) is 4.39 Å². The lowest BCUT2D eigenvalue weighted by atomic mass is 10.1. The van der Waals surface area contributed by atoms with Crippen LogP contribution in [0.3, 0.4) is 0 Å². The topological polar surface area (TPSA) is 65.5 Å². The summed E-state index contributed by atoms with van der Waals surface area (Å²) in [5, 5.41) is 9.10. The van der Waals surface area contributed by atoms with Crippen LogP contribution in [0.15, 0.2) is 23.2 Å². The second kappa shape index (κ2) is 7.77. The number of nitrogens with zero attached hydrogens (tertiary/aromatic N) is 1. The van der Waals surface area contributed by atoms with Crippen molar-refractivity contribution < 1.29 is 9.18 Å². The molecule has 0 aliphatic heterocycles. The highest BCUT2D eigenvalue weighted by atomic mass is 19.1. The molecule has 120 valence electrons. The van der Waals surface area contributed by atoms with E-state index in [2.05, 4.69) is 20.9 Å². The molecule has 1 saturated carbocycles. The molecule has 22 heavy (non-hydrogen) atoms. The molecule has 1 fully saturated rings. The normalized spacial score (nSPS) is 14.6. The molecule has 1 aliphatic rings. The third-order valence-corrected chi connectivity index (χ3v) is 3.58. The van der Waals surface area contributed by atoms with Crippen molar-refractivity contribution in [3.63, 3.8) is 0 Å². The molecule has 2 rings (SSSR count). The van der Waals surface area contributed by atoms with Crippen LogP contribution in [-0.2, 0) is 11.3 Å². The monoisotopic (exact) mass is 306 g/mol. The largest absolute Gasteiger partial charge is 0.355 e. The van der Waals surface area contributed by atoms with Crippen LogP contribution < -0.4 is 16.0 Å². The summed E-state index contributed by atoms with van der Waals surface area (Å²) < 4.78 is 13.5. The molecule has 0 spiro atoms. The molecular weight excluding hydrogens is 283 g/mol. The number of rotatable bonds is 6. The Morgan fingerprint density at radius 1 is 1.27 bits per heavy atom. The lowest BCUT2D eigenvalue weighted by Crippen LogP contribution is -2.41. The Bertz CT molecular complexity index is 555. The predicted octanol–water partition coefficient (Wildman–Crippen LogP) is 1.33. The molecule has 0 bridgehead atoms. The summed E-state index contributed by atoms with van der Waals surface area (Å²) in [6.45, 7) is 3.39. The van der Waals surface area contributed by atoms with E-state index in [1.54, 1.807) is 20.0 Å². The van der Waals surface area contributed by atoms with E-state index in [-0.39, 0.29) is 17.6 Å². The van der Waals surface area contributed by atoms with Crippen molar-refractivity contribution in [3.05, 3.63) is 35.1 Å². The van der Waals surface area contributed by atoms with Gasteiger partial charge in [0.2, 0.25) is 5.91 Å². The van der Waals surface area contributed by atoms with Crippen LogP contribution in [-0.4, -0.2) is 32.0 Å². The smallest absolute Gasteiger partial charge is 0.223 e. The standard InChI is InChI=1S/C16H23FN4O/c1-11-3-4-12(9-14(11)17)10-21-16(18-2)20-8-7-19-15(22)13-5-6-13/h3-4,9,13H,5-8,10H2,1-2H3,(H,19,22)(H2,18,20,21). The molecule has 1 aromatic carbocycles. The zero-order valence-electron chi connectivity index (χ0n) is 13.1. The van der Waals surface area contributed by atoms with Gasteiger partial charge in [0.05, 0.1) is 0 Å². The highest BCUT2D eigenvalue weighted by Crippen LogP contribution is 2.28. The van der Waals surface area contributed by atoms with Crippen molar-refractivity contribution in [3.8, 4) is 0 Å². The highest BCUT2D eigenvalue weighted by Gasteiger charge is 2.28. The maximum atomic E-state index is 13.5. The molecule has 1 aliphatic carbocycles. The maximum absolute atomic E-state index is 13.5. The van der Waals surface area contributed by atoms with Crippen LogP contribution in [0.1, 0.15) is 24.0 Å². The molecule has 1 amide bonds. The van der Waals surface area contributed by atoms with E-state index in [1.807, 2.05) is 6.07 Å². The molecule has 0 heterocycles. The van der Waals surface area contributed by atoms with Gasteiger partial charge in [0.1, 0.15) is 5.82 Å². The van der Waals surface area contributed by atoms with Gasteiger partial charge in [-0.05, 0) is 37.0 Å². The van der Waals surface area contributed by atoms with E-state index in [0.717, 1.165) is 18.4 Å². The first-order valence-electron chi connectivity index (χ1n) is 7.57.